The van der Waals surface area contributed by atoms with Gasteiger partial charge in [0.2, 0.25) is 0 Å². The summed E-state index contributed by atoms with van der Waals surface area (Å²) in [6.45, 7) is 8.49. The molecule has 1 aliphatic heterocycles. The second kappa shape index (κ2) is 8.01. The Balaban J connectivity index is 1.70. The van der Waals surface area contributed by atoms with Crippen LogP contribution in [0, 0.1) is 13.8 Å². The minimum atomic E-state index is -0.254. The zero-order valence-corrected chi connectivity index (χ0v) is 16.9. The highest BCUT2D eigenvalue weighted by Crippen LogP contribution is 2.32. The summed E-state index contributed by atoms with van der Waals surface area (Å²) in [6, 6.07) is 14.1. The SMILES string of the molecule is Cc1ccc(NCN2C(=O)SC(=Cc3ccc(C(C)C)cc3)C2=O)c(C)c1. The van der Waals surface area contributed by atoms with Crippen LogP contribution in [0.25, 0.3) is 6.08 Å². The lowest BCUT2D eigenvalue weighted by Gasteiger charge is -2.16. The molecular weight excluding hydrogens is 356 g/mol. The van der Waals surface area contributed by atoms with Crippen molar-refractivity contribution in [1.82, 2.24) is 4.90 Å². The van der Waals surface area contributed by atoms with Crippen LogP contribution in [-0.2, 0) is 4.79 Å². The number of nitrogens with one attached hydrogen (secondary N) is 1. The molecule has 2 amide bonds. The normalized spacial score (nSPS) is 15.9. The molecule has 0 atom stereocenters. The lowest BCUT2D eigenvalue weighted by atomic mass is 10.0. The molecule has 0 saturated carbocycles. The van der Waals surface area contributed by atoms with Gasteiger partial charge in [-0.05, 0) is 60.4 Å². The highest BCUT2D eigenvalue weighted by atomic mass is 32.2. The second-order valence-electron chi connectivity index (χ2n) is 7.08. The van der Waals surface area contributed by atoms with Crippen LogP contribution < -0.4 is 5.32 Å². The molecule has 0 aliphatic carbocycles. The van der Waals surface area contributed by atoms with E-state index in [2.05, 4.69) is 37.4 Å². The number of hydrogen-bond acceptors (Lipinski definition) is 4. The molecule has 4 nitrogen and oxygen atoms in total. The van der Waals surface area contributed by atoms with Crippen molar-refractivity contribution in [2.45, 2.75) is 33.6 Å². The Morgan fingerprint density at radius 1 is 1.07 bits per heavy atom. The molecule has 1 saturated heterocycles. The van der Waals surface area contributed by atoms with E-state index < -0.39 is 0 Å². The Kier molecular flexibility index (Phi) is 5.71. The lowest BCUT2D eigenvalue weighted by molar-refractivity contribution is -0.122. The third-order valence-corrected chi connectivity index (χ3v) is 5.49. The van der Waals surface area contributed by atoms with Crippen molar-refractivity contribution in [3.8, 4) is 0 Å². The summed E-state index contributed by atoms with van der Waals surface area (Å²) in [7, 11) is 0. The molecule has 3 rings (SSSR count). The van der Waals surface area contributed by atoms with Crippen LogP contribution in [0.3, 0.4) is 0 Å². The first-order valence-corrected chi connectivity index (χ1v) is 9.83. The number of thioether (sulfide) groups is 1. The number of amides is 2. The van der Waals surface area contributed by atoms with E-state index >= 15 is 0 Å². The van der Waals surface area contributed by atoms with Gasteiger partial charge in [-0.3, -0.25) is 14.5 Å². The van der Waals surface area contributed by atoms with Crippen LogP contribution in [0.2, 0.25) is 0 Å². The Morgan fingerprint density at radius 3 is 2.41 bits per heavy atom. The minimum absolute atomic E-state index is 0.165. The first kappa shape index (κ1) is 19.2. The predicted octanol–water partition coefficient (Wildman–Crippen LogP) is 5.53. The fourth-order valence-corrected chi connectivity index (χ4v) is 3.78. The summed E-state index contributed by atoms with van der Waals surface area (Å²) in [5.74, 6) is 0.206. The van der Waals surface area contributed by atoms with Gasteiger partial charge in [0, 0.05) is 5.69 Å². The Bertz CT molecular complexity index is 901. The quantitative estimate of drug-likeness (QED) is 0.693. The smallest absolute Gasteiger partial charge is 0.295 e. The molecule has 2 aromatic rings. The molecule has 1 heterocycles. The fraction of sp³-hybridized carbons (Fsp3) is 0.273. The van der Waals surface area contributed by atoms with E-state index in [4.69, 9.17) is 0 Å². The first-order chi connectivity index (χ1) is 12.8. The summed E-state index contributed by atoms with van der Waals surface area (Å²) in [5.41, 5.74) is 5.36. The van der Waals surface area contributed by atoms with Gasteiger partial charge >= 0.3 is 0 Å². The van der Waals surface area contributed by atoms with Crippen LogP contribution in [0.4, 0.5) is 10.5 Å². The number of aryl methyl sites for hydroxylation is 2. The van der Waals surface area contributed by atoms with E-state index in [0.29, 0.717) is 10.8 Å². The molecule has 0 aromatic heterocycles. The molecule has 1 N–H and O–H groups in total. The first-order valence-electron chi connectivity index (χ1n) is 9.01. The average Bonchev–Trinajstić information content (AvgIpc) is 2.88. The molecule has 0 unspecified atom stereocenters. The summed E-state index contributed by atoms with van der Waals surface area (Å²) >= 11 is 0.987. The molecule has 0 bridgehead atoms. The number of benzene rings is 2. The van der Waals surface area contributed by atoms with Gasteiger partial charge in [-0.25, -0.2) is 0 Å². The summed E-state index contributed by atoms with van der Waals surface area (Å²) in [5, 5.41) is 2.94. The average molecular weight is 381 g/mol. The van der Waals surface area contributed by atoms with Crippen molar-refractivity contribution in [1.29, 1.82) is 0 Å². The van der Waals surface area contributed by atoms with Crippen LogP contribution >= 0.6 is 11.8 Å². The zero-order chi connectivity index (χ0) is 19.6. The number of imide groups is 1. The van der Waals surface area contributed by atoms with Gasteiger partial charge in [0.05, 0.1) is 11.6 Å². The Morgan fingerprint density at radius 2 is 1.78 bits per heavy atom. The number of carbonyl (C=O) groups excluding carboxylic acids is 2. The number of nitrogens with zero attached hydrogens (tertiary/aromatic N) is 1. The van der Waals surface area contributed by atoms with Crippen molar-refractivity contribution in [2.75, 3.05) is 12.0 Å². The van der Waals surface area contributed by atoms with Crippen LogP contribution in [0.1, 0.15) is 42.0 Å². The van der Waals surface area contributed by atoms with E-state index in [9.17, 15) is 9.59 Å². The molecule has 1 fully saturated rings. The Labute approximate surface area is 164 Å². The van der Waals surface area contributed by atoms with E-state index in [1.807, 2.05) is 38.1 Å². The number of hydrogen-bond donors (Lipinski definition) is 1. The molecular formula is C22H24N2O2S. The maximum absolute atomic E-state index is 12.6. The molecule has 27 heavy (non-hydrogen) atoms. The van der Waals surface area contributed by atoms with Gasteiger partial charge in [0.15, 0.2) is 0 Å². The molecule has 2 aromatic carbocycles. The topological polar surface area (TPSA) is 49.4 Å². The van der Waals surface area contributed by atoms with Crippen LogP contribution in [0.5, 0.6) is 0 Å². The lowest BCUT2D eigenvalue weighted by Crippen LogP contribution is -2.33. The predicted molar refractivity (Wildman–Crippen MR) is 113 cm³/mol. The molecule has 0 radical (unpaired) electrons. The van der Waals surface area contributed by atoms with Crippen molar-refractivity contribution < 1.29 is 9.59 Å². The van der Waals surface area contributed by atoms with Gasteiger partial charge in [-0.1, -0.05) is 55.8 Å². The van der Waals surface area contributed by atoms with Gasteiger partial charge in [0.1, 0.15) is 0 Å². The maximum Gasteiger partial charge on any atom is 0.295 e. The third kappa shape index (κ3) is 4.42. The summed E-state index contributed by atoms with van der Waals surface area (Å²) < 4.78 is 0. The minimum Gasteiger partial charge on any atom is -0.367 e. The van der Waals surface area contributed by atoms with Crippen LogP contribution in [-0.4, -0.2) is 22.7 Å². The molecule has 140 valence electrons. The summed E-state index contributed by atoms with van der Waals surface area (Å²) in [6.07, 6.45) is 1.78. The van der Waals surface area contributed by atoms with Gasteiger partial charge in [0.25, 0.3) is 11.1 Å². The van der Waals surface area contributed by atoms with Gasteiger partial charge in [-0.2, -0.15) is 0 Å². The van der Waals surface area contributed by atoms with Crippen molar-refractivity contribution >= 4 is 34.7 Å². The van der Waals surface area contributed by atoms with Gasteiger partial charge in [-0.15, -0.1) is 0 Å². The highest BCUT2D eigenvalue weighted by Gasteiger charge is 2.34. The van der Waals surface area contributed by atoms with Crippen molar-refractivity contribution in [3.05, 3.63) is 69.6 Å². The number of anilines is 1. The van der Waals surface area contributed by atoms with E-state index in [-0.39, 0.29) is 17.8 Å². The van der Waals surface area contributed by atoms with Gasteiger partial charge < -0.3 is 5.32 Å². The maximum atomic E-state index is 12.6. The Hall–Kier alpha value is -2.53. The van der Waals surface area contributed by atoms with Crippen LogP contribution in [0.15, 0.2) is 47.4 Å². The second-order valence-corrected chi connectivity index (χ2v) is 8.08. The van der Waals surface area contributed by atoms with Crippen molar-refractivity contribution in [3.63, 3.8) is 0 Å². The molecule has 1 aliphatic rings. The van der Waals surface area contributed by atoms with E-state index in [1.54, 1.807) is 6.08 Å². The monoisotopic (exact) mass is 380 g/mol. The summed E-state index contributed by atoms with van der Waals surface area (Å²) in [4.78, 5) is 26.6. The van der Waals surface area contributed by atoms with E-state index in [1.165, 1.54) is 16.0 Å². The number of rotatable bonds is 5. The zero-order valence-electron chi connectivity index (χ0n) is 16.1. The number of carbonyl (C=O) groups is 2. The third-order valence-electron chi connectivity index (χ3n) is 4.58. The van der Waals surface area contributed by atoms with E-state index in [0.717, 1.165) is 28.6 Å². The molecule has 5 heteroatoms. The molecule has 0 spiro atoms. The highest BCUT2D eigenvalue weighted by molar-refractivity contribution is 8.18. The largest absolute Gasteiger partial charge is 0.367 e. The standard InChI is InChI=1S/C22H24N2O2S/c1-14(2)18-8-6-17(7-9-18)12-20-21(25)24(22(26)27-20)13-23-19-10-5-15(3)11-16(19)4/h5-12,14,23H,13H2,1-4H3. The fourth-order valence-electron chi connectivity index (χ4n) is 2.94. The van der Waals surface area contributed by atoms with Crippen molar-refractivity contribution in [2.24, 2.45) is 0 Å².